The number of aromatic hydroxyl groups is 1. The first-order chi connectivity index (χ1) is 21.9. The number of carbonyl (C=O) groups excluding carboxylic acids is 3. The number of phenolic OH excluding ortho intramolecular Hbond substituents is 1. The number of amides is 4. The predicted octanol–water partition coefficient (Wildman–Crippen LogP) is 4.20. The summed E-state index contributed by atoms with van der Waals surface area (Å²) in [5, 5.41) is 16.1. The van der Waals surface area contributed by atoms with Gasteiger partial charge < -0.3 is 20.2 Å². The molecular formula is C36H37N5O4. The largest absolute Gasteiger partial charge is 0.508 e. The molecular weight excluding hydrogens is 566 g/mol. The predicted molar refractivity (Wildman–Crippen MR) is 171 cm³/mol. The maximum atomic E-state index is 14.4. The first kappa shape index (κ1) is 29.9. The Kier molecular flexibility index (Phi) is 8.79. The van der Waals surface area contributed by atoms with Crippen LogP contribution in [0.4, 0.5) is 4.79 Å². The number of likely N-dealkylation sites (N-methyl/N-ethyl adjacent to an activating group) is 1. The number of hydrogen-bond acceptors (Lipinski definition) is 5. The molecule has 230 valence electrons. The minimum Gasteiger partial charge on any atom is -0.508 e. The SMILES string of the molecule is CN1CC(=O)N2[C@@H](Cc3ccc(O)cc3)C(=O)N(CC(c3ccccc3)c3ccccc3)C[C@@H]2N1C(=O)NCc1ccccc1. The molecule has 2 heterocycles. The minimum atomic E-state index is -0.828. The second-order valence-corrected chi connectivity index (χ2v) is 11.6. The van der Waals surface area contributed by atoms with Gasteiger partial charge in [0.25, 0.3) is 0 Å². The molecule has 0 aliphatic carbocycles. The number of nitrogens with one attached hydrogen (secondary N) is 1. The Balaban J connectivity index is 1.35. The number of benzene rings is 4. The molecule has 2 atom stereocenters. The van der Waals surface area contributed by atoms with E-state index in [0.717, 1.165) is 22.3 Å². The van der Waals surface area contributed by atoms with Gasteiger partial charge in [-0.15, -0.1) is 0 Å². The van der Waals surface area contributed by atoms with Crippen LogP contribution in [0.3, 0.4) is 0 Å². The third-order valence-corrected chi connectivity index (χ3v) is 8.61. The molecule has 4 aromatic rings. The van der Waals surface area contributed by atoms with E-state index in [1.807, 2.05) is 66.7 Å². The van der Waals surface area contributed by atoms with E-state index >= 15 is 0 Å². The number of carbonyl (C=O) groups is 3. The summed E-state index contributed by atoms with van der Waals surface area (Å²) in [7, 11) is 1.73. The van der Waals surface area contributed by atoms with Crippen molar-refractivity contribution in [2.75, 3.05) is 26.7 Å². The zero-order valence-corrected chi connectivity index (χ0v) is 25.2. The molecule has 2 aliphatic heterocycles. The number of fused-ring (bicyclic) bond motifs is 1. The summed E-state index contributed by atoms with van der Waals surface area (Å²) in [6.45, 7) is 0.830. The van der Waals surface area contributed by atoms with Crippen molar-refractivity contribution in [2.24, 2.45) is 0 Å². The van der Waals surface area contributed by atoms with E-state index < -0.39 is 12.2 Å². The van der Waals surface area contributed by atoms with Crippen LogP contribution >= 0.6 is 0 Å². The molecule has 4 amide bonds. The van der Waals surface area contributed by atoms with Crippen molar-refractivity contribution in [2.45, 2.75) is 31.1 Å². The van der Waals surface area contributed by atoms with Gasteiger partial charge in [0.1, 0.15) is 18.0 Å². The molecule has 0 aromatic heterocycles. The van der Waals surface area contributed by atoms with E-state index in [0.29, 0.717) is 13.1 Å². The Morgan fingerprint density at radius 2 is 1.40 bits per heavy atom. The number of hydrogen-bond donors (Lipinski definition) is 2. The quantitative estimate of drug-likeness (QED) is 0.315. The lowest BCUT2D eigenvalue weighted by atomic mass is 9.89. The van der Waals surface area contributed by atoms with Crippen molar-refractivity contribution in [3.05, 3.63) is 138 Å². The fourth-order valence-electron chi connectivity index (χ4n) is 6.37. The Bertz CT molecular complexity index is 1580. The maximum absolute atomic E-state index is 14.4. The van der Waals surface area contributed by atoms with Crippen molar-refractivity contribution in [1.82, 2.24) is 25.1 Å². The van der Waals surface area contributed by atoms with Crippen LogP contribution in [0.2, 0.25) is 0 Å². The van der Waals surface area contributed by atoms with Gasteiger partial charge in [0.05, 0.1) is 13.1 Å². The number of hydrazine groups is 1. The van der Waals surface area contributed by atoms with Gasteiger partial charge in [-0.25, -0.2) is 14.8 Å². The highest BCUT2D eigenvalue weighted by Crippen LogP contribution is 2.32. The maximum Gasteiger partial charge on any atom is 0.334 e. The molecule has 6 rings (SSSR count). The molecule has 9 nitrogen and oxygen atoms in total. The first-order valence-electron chi connectivity index (χ1n) is 15.2. The second-order valence-electron chi connectivity index (χ2n) is 11.6. The van der Waals surface area contributed by atoms with Crippen molar-refractivity contribution in [1.29, 1.82) is 0 Å². The zero-order chi connectivity index (χ0) is 31.3. The average molecular weight is 604 g/mol. The Labute approximate surface area is 263 Å². The number of nitrogens with zero attached hydrogens (tertiary/aromatic N) is 4. The topological polar surface area (TPSA) is 96.4 Å². The van der Waals surface area contributed by atoms with Crippen LogP contribution in [-0.4, -0.2) is 81.7 Å². The summed E-state index contributed by atoms with van der Waals surface area (Å²) in [6.07, 6.45) is -0.457. The average Bonchev–Trinajstić information content (AvgIpc) is 3.06. The van der Waals surface area contributed by atoms with Crippen LogP contribution in [0.1, 0.15) is 28.2 Å². The van der Waals surface area contributed by atoms with E-state index in [1.54, 1.807) is 51.1 Å². The molecule has 0 unspecified atom stereocenters. The van der Waals surface area contributed by atoms with Gasteiger partial charge in [-0.05, 0) is 34.4 Å². The smallest absolute Gasteiger partial charge is 0.334 e. The first-order valence-corrected chi connectivity index (χ1v) is 15.2. The van der Waals surface area contributed by atoms with Crippen LogP contribution in [0.5, 0.6) is 5.75 Å². The summed E-state index contributed by atoms with van der Waals surface area (Å²) in [5.41, 5.74) is 3.91. The number of urea groups is 1. The number of rotatable bonds is 8. The van der Waals surface area contributed by atoms with E-state index in [2.05, 4.69) is 29.6 Å². The summed E-state index contributed by atoms with van der Waals surface area (Å²) in [4.78, 5) is 45.3. The van der Waals surface area contributed by atoms with Crippen LogP contribution in [0.25, 0.3) is 0 Å². The van der Waals surface area contributed by atoms with Crippen molar-refractivity contribution >= 4 is 17.8 Å². The Morgan fingerprint density at radius 1 is 0.822 bits per heavy atom. The highest BCUT2D eigenvalue weighted by Gasteiger charge is 2.51. The summed E-state index contributed by atoms with van der Waals surface area (Å²) < 4.78 is 0. The normalized spacial score (nSPS) is 18.7. The monoisotopic (exact) mass is 603 g/mol. The molecule has 0 bridgehead atoms. The van der Waals surface area contributed by atoms with Crippen molar-refractivity contribution in [3.8, 4) is 5.75 Å². The molecule has 0 saturated carbocycles. The van der Waals surface area contributed by atoms with Crippen LogP contribution in [0.15, 0.2) is 115 Å². The molecule has 0 radical (unpaired) electrons. The van der Waals surface area contributed by atoms with Gasteiger partial charge in [-0.1, -0.05) is 103 Å². The lowest BCUT2D eigenvalue weighted by Crippen LogP contribution is -2.76. The lowest BCUT2D eigenvalue weighted by molar-refractivity contribution is -0.187. The van der Waals surface area contributed by atoms with E-state index in [1.165, 1.54) is 0 Å². The van der Waals surface area contributed by atoms with Crippen molar-refractivity contribution in [3.63, 3.8) is 0 Å². The Morgan fingerprint density at radius 3 is 2.00 bits per heavy atom. The lowest BCUT2D eigenvalue weighted by Gasteiger charge is -2.54. The fraction of sp³-hybridized carbons (Fsp3) is 0.250. The van der Waals surface area contributed by atoms with Gasteiger partial charge in [-0.3, -0.25) is 9.59 Å². The molecule has 9 heteroatoms. The number of piperazine rings is 1. The van der Waals surface area contributed by atoms with Gasteiger partial charge in [0, 0.05) is 32.5 Å². The van der Waals surface area contributed by atoms with E-state index in [4.69, 9.17) is 0 Å². The molecule has 45 heavy (non-hydrogen) atoms. The van der Waals surface area contributed by atoms with E-state index in [9.17, 15) is 19.5 Å². The van der Waals surface area contributed by atoms with Crippen molar-refractivity contribution < 1.29 is 19.5 Å². The zero-order valence-electron chi connectivity index (χ0n) is 25.2. The van der Waals surface area contributed by atoms with Crippen LogP contribution in [-0.2, 0) is 22.6 Å². The van der Waals surface area contributed by atoms with Crippen LogP contribution in [0, 0.1) is 0 Å². The molecule has 0 spiro atoms. The number of phenols is 1. The van der Waals surface area contributed by atoms with E-state index in [-0.39, 0.29) is 49.0 Å². The standard InChI is InChI=1S/C36H37N5O4/c1-38-25-34(43)40-32(21-26-17-19-30(42)20-18-26)35(44)39(23-31(28-13-7-3-8-14-28)29-15-9-4-10-16-29)24-33(40)41(38)36(45)37-22-27-11-5-2-6-12-27/h2-20,31-33,42H,21-25H2,1H3,(H,37,45)/t32-,33-/m0/s1. The van der Waals surface area contributed by atoms with Gasteiger partial charge in [-0.2, -0.15) is 0 Å². The summed E-state index contributed by atoms with van der Waals surface area (Å²) >= 11 is 0. The molecule has 2 saturated heterocycles. The van der Waals surface area contributed by atoms with Crippen LogP contribution < -0.4 is 5.32 Å². The van der Waals surface area contributed by atoms with Gasteiger partial charge in [0.2, 0.25) is 11.8 Å². The third-order valence-electron chi connectivity index (χ3n) is 8.61. The minimum absolute atomic E-state index is 0.0364. The van der Waals surface area contributed by atoms with Gasteiger partial charge >= 0.3 is 6.03 Å². The summed E-state index contributed by atoms with van der Waals surface area (Å²) in [6, 6.07) is 35.3. The molecule has 2 fully saturated rings. The second kappa shape index (κ2) is 13.2. The highest BCUT2D eigenvalue weighted by molar-refractivity contribution is 5.91. The molecule has 2 N–H and O–H groups in total. The highest BCUT2D eigenvalue weighted by atomic mass is 16.3. The molecule has 4 aromatic carbocycles. The third kappa shape index (κ3) is 6.53. The Hall–Kier alpha value is -5.15. The summed E-state index contributed by atoms with van der Waals surface area (Å²) in [5.74, 6) is -0.374. The van der Waals surface area contributed by atoms with Gasteiger partial charge in [0.15, 0.2) is 0 Å². The fourth-order valence-corrected chi connectivity index (χ4v) is 6.37. The molecule has 2 aliphatic rings.